The molecule has 1 heterocycles. The van der Waals surface area contributed by atoms with E-state index in [4.69, 9.17) is 21.7 Å². The Morgan fingerprint density at radius 2 is 1.65 bits per heavy atom. The monoisotopic (exact) mass is 504 g/mol. The molecule has 11 heteroatoms. The highest BCUT2D eigenvalue weighted by Gasteiger charge is 2.27. The first-order chi connectivity index (χ1) is 16.2. The fourth-order valence-corrected chi connectivity index (χ4v) is 4.97. The van der Waals surface area contributed by atoms with Gasteiger partial charge in [0.1, 0.15) is 0 Å². The van der Waals surface area contributed by atoms with E-state index in [1.165, 1.54) is 29.6 Å². The van der Waals surface area contributed by atoms with Crippen molar-refractivity contribution in [2.75, 3.05) is 52.8 Å². The van der Waals surface area contributed by atoms with Crippen molar-refractivity contribution in [3.8, 4) is 11.5 Å². The molecule has 0 bridgehead atoms. The summed E-state index contributed by atoms with van der Waals surface area (Å²) in [6.45, 7) is 2.33. The van der Waals surface area contributed by atoms with E-state index < -0.39 is 15.9 Å². The largest absolute Gasteiger partial charge is 0.493 e. The van der Waals surface area contributed by atoms with Gasteiger partial charge < -0.3 is 19.7 Å². The zero-order chi connectivity index (χ0) is 24.7. The molecule has 1 aliphatic heterocycles. The van der Waals surface area contributed by atoms with Gasteiger partial charge in [0.2, 0.25) is 15.9 Å². The number of methoxy groups -OCH3 is 2. The van der Waals surface area contributed by atoms with Crippen LogP contribution in [0.4, 0.5) is 5.69 Å². The van der Waals surface area contributed by atoms with Gasteiger partial charge in [-0.3, -0.25) is 10.1 Å². The third kappa shape index (κ3) is 6.54. The minimum Gasteiger partial charge on any atom is -0.493 e. The molecule has 2 aromatic rings. The number of carbonyl (C=O) groups is 1. The second-order valence-electron chi connectivity index (χ2n) is 7.62. The van der Waals surface area contributed by atoms with E-state index in [9.17, 15) is 13.2 Å². The first-order valence-electron chi connectivity index (χ1n) is 10.5. The topological polar surface area (TPSA) is 100 Å². The molecule has 182 valence electrons. The Morgan fingerprint density at radius 3 is 2.26 bits per heavy atom. The van der Waals surface area contributed by atoms with Crippen molar-refractivity contribution in [1.82, 2.24) is 14.5 Å². The van der Waals surface area contributed by atoms with Gasteiger partial charge in [0.05, 0.1) is 19.1 Å². The zero-order valence-electron chi connectivity index (χ0n) is 19.3. The first-order valence-corrected chi connectivity index (χ1v) is 12.4. The molecule has 1 aliphatic rings. The van der Waals surface area contributed by atoms with Crippen LogP contribution in [-0.4, -0.2) is 76.1 Å². The number of hydrogen-bond donors (Lipinski definition) is 2. The van der Waals surface area contributed by atoms with E-state index in [1.54, 1.807) is 43.5 Å². The van der Waals surface area contributed by atoms with Gasteiger partial charge in [-0.1, -0.05) is 6.07 Å². The molecule has 9 nitrogen and oxygen atoms in total. The summed E-state index contributed by atoms with van der Waals surface area (Å²) in [6, 6.07) is 11.6. The molecular formula is C23H28N4O5S2. The van der Waals surface area contributed by atoms with Crippen LogP contribution in [0.25, 0.3) is 6.08 Å². The van der Waals surface area contributed by atoms with Crippen molar-refractivity contribution in [1.29, 1.82) is 0 Å². The lowest BCUT2D eigenvalue weighted by atomic mass is 10.2. The third-order valence-corrected chi connectivity index (χ3v) is 7.40. The standard InChI is InChI=1S/C23H28N4O5S2/c1-26-12-14-27(15-13-26)34(29,30)19-8-6-18(7-9-19)24-23(33)25-22(28)11-5-17-4-10-20(31-2)21(16-17)32-3/h4-11,16H,12-15H2,1-3H3,(H2,24,25,28,33). The van der Waals surface area contributed by atoms with Crippen LogP contribution in [-0.2, 0) is 14.8 Å². The maximum Gasteiger partial charge on any atom is 0.250 e. The van der Waals surface area contributed by atoms with Crippen LogP contribution >= 0.6 is 12.2 Å². The smallest absolute Gasteiger partial charge is 0.250 e. The molecule has 2 N–H and O–H groups in total. The van der Waals surface area contributed by atoms with Crippen molar-refractivity contribution in [2.45, 2.75) is 4.90 Å². The van der Waals surface area contributed by atoms with Gasteiger partial charge in [-0.2, -0.15) is 4.31 Å². The van der Waals surface area contributed by atoms with Crippen LogP contribution in [0.3, 0.4) is 0 Å². The van der Waals surface area contributed by atoms with Crippen LogP contribution in [0.1, 0.15) is 5.56 Å². The van der Waals surface area contributed by atoms with Crippen LogP contribution in [0.2, 0.25) is 0 Å². The van der Waals surface area contributed by atoms with Crippen molar-refractivity contribution in [3.05, 3.63) is 54.1 Å². The number of thiocarbonyl (C=S) groups is 1. The zero-order valence-corrected chi connectivity index (χ0v) is 20.9. The predicted octanol–water partition coefficient (Wildman–Crippen LogP) is 2.17. The average molecular weight is 505 g/mol. The predicted molar refractivity (Wildman–Crippen MR) is 136 cm³/mol. The number of sulfonamides is 1. The lowest BCUT2D eigenvalue weighted by Gasteiger charge is -2.31. The number of carbonyl (C=O) groups excluding carboxylic acids is 1. The Hall–Kier alpha value is -2.99. The fraction of sp³-hybridized carbons (Fsp3) is 0.304. The summed E-state index contributed by atoms with van der Waals surface area (Å²) < 4.78 is 37.6. The molecule has 1 saturated heterocycles. The summed E-state index contributed by atoms with van der Waals surface area (Å²) in [5.41, 5.74) is 1.32. The van der Waals surface area contributed by atoms with Gasteiger partial charge >= 0.3 is 0 Å². The molecule has 3 rings (SSSR count). The average Bonchev–Trinajstić information content (AvgIpc) is 2.83. The molecule has 0 unspecified atom stereocenters. The van der Waals surface area contributed by atoms with E-state index in [0.29, 0.717) is 43.4 Å². The summed E-state index contributed by atoms with van der Waals surface area (Å²) >= 11 is 5.19. The number of piperazine rings is 1. The number of nitrogens with one attached hydrogen (secondary N) is 2. The van der Waals surface area contributed by atoms with E-state index in [0.717, 1.165) is 5.56 Å². The van der Waals surface area contributed by atoms with Gasteiger partial charge in [0, 0.05) is 37.9 Å². The molecule has 0 atom stereocenters. The number of ether oxygens (including phenoxy) is 2. The minimum absolute atomic E-state index is 0.0941. The highest BCUT2D eigenvalue weighted by molar-refractivity contribution is 7.89. The van der Waals surface area contributed by atoms with Gasteiger partial charge in [-0.25, -0.2) is 8.42 Å². The molecule has 2 aromatic carbocycles. The van der Waals surface area contributed by atoms with Gasteiger partial charge in [-0.05, 0) is 67.3 Å². The van der Waals surface area contributed by atoms with Gasteiger partial charge in [-0.15, -0.1) is 0 Å². The highest BCUT2D eigenvalue weighted by atomic mass is 32.2. The quantitative estimate of drug-likeness (QED) is 0.437. The normalized spacial score (nSPS) is 15.1. The second kappa shape index (κ2) is 11.4. The van der Waals surface area contributed by atoms with Crippen molar-refractivity contribution >= 4 is 45.0 Å². The Labute approximate surface area is 205 Å². The first kappa shape index (κ1) is 25.6. The molecular weight excluding hydrogens is 476 g/mol. The SMILES string of the molecule is COc1ccc(C=CC(=O)NC(=S)Nc2ccc(S(=O)(=O)N3CCN(C)CC3)cc2)cc1OC. The number of likely N-dealkylation sites (N-methyl/N-ethyl adjacent to an activating group) is 1. The Bertz CT molecular complexity index is 1160. The number of nitrogens with zero attached hydrogens (tertiary/aromatic N) is 2. The Balaban J connectivity index is 1.55. The fourth-order valence-electron chi connectivity index (χ4n) is 3.33. The van der Waals surface area contributed by atoms with Crippen LogP contribution in [0.15, 0.2) is 53.4 Å². The molecule has 1 amide bonds. The van der Waals surface area contributed by atoms with E-state index >= 15 is 0 Å². The molecule has 34 heavy (non-hydrogen) atoms. The van der Waals surface area contributed by atoms with E-state index in [1.807, 2.05) is 7.05 Å². The Morgan fingerprint density at radius 1 is 1.00 bits per heavy atom. The van der Waals surface area contributed by atoms with Crippen LogP contribution in [0.5, 0.6) is 11.5 Å². The van der Waals surface area contributed by atoms with Gasteiger partial charge in [0.15, 0.2) is 16.6 Å². The summed E-state index contributed by atoms with van der Waals surface area (Å²) in [6.07, 6.45) is 2.97. The van der Waals surface area contributed by atoms with Crippen LogP contribution < -0.4 is 20.1 Å². The van der Waals surface area contributed by atoms with Crippen molar-refractivity contribution < 1.29 is 22.7 Å². The molecule has 0 saturated carbocycles. The van der Waals surface area contributed by atoms with Crippen LogP contribution in [0, 0.1) is 0 Å². The Kier molecular flexibility index (Phi) is 8.61. The number of rotatable bonds is 7. The number of amides is 1. The molecule has 0 aliphatic carbocycles. The molecule has 0 aromatic heterocycles. The third-order valence-electron chi connectivity index (χ3n) is 5.28. The highest BCUT2D eigenvalue weighted by Crippen LogP contribution is 2.28. The molecule has 0 spiro atoms. The van der Waals surface area contributed by atoms with E-state index in [2.05, 4.69) is 15.5 Å². The summed E-state index contributed by atoms with van der Waals surface area (Å²) in [4.78, 5) is 14.5. The summed E-state index contributed by atoms with van der Waals surface area (Å²) in [7, 11) is 1.52. The maximum absolute atomic E-state index is 12.8. The number of hydrogen-bond acceptors (Lipinski definition) is 7. The number of benzene rings is 2. The number of anilines is 1. The maximum atomic E-state index is 12.8. The van der Waals surface area contributed by atoms with Crippen molar-refractivity contribution in [2.24, 2.45) is 0 Å². The molecule has 1 fully saturated rings. The van der Waals surface area contributed by atoms with Gasteiger partial charge in [0.25, 0.3) is 0 Å². The lowest BCUT2D eigenvalue weighted by Crippen LogP contribution is -2.46. The molecule has 0 radical (unpaired) electrons. The minimum atomic E-state index is -3.54. The van der Waals surface area contributed by atoms with E-state index in [-0.39, 0.29) is 10.0 Å². The second-order valence-corrected chi connectivity index (χ2v) is 9.97. The summed E-state index contributed by atoms with van der Waals surface area (Å²) in [5.74, 6) is 0.735. The lowest BCUT2D eigenvalue weighted by molar-refractivity contribution is -0.115. The van der Waals surface area contributed by atoms with Crippen molar-refractivity contribution in [3.63, 3.8) is 0 Å². The summed E-state index contributed by atoms with van der Waals surface area (Å²) in [5, 5.41) is 5.53.